The zero-order valence-corrected chi connectivity index (χ0v) is 18.2. The smallest absolute Gasteiger partial charge is 0.284 e. The first-order chi connectivity index (χ1) is 14.4. The average molecular weight is 399 g/mol. The van der Waals surface area contributed by atoms with Crippen LogP contribution in [-0.4, -0.2) is 19.3 Å². The van der Waals surface area contributed by atoms with Crippen LogP contribution < -0.4 is 4.57 Å². The van der Waals surface area contributed by atoms with Crippen molar-refractivity contribution in [2.24, 2.45) is 14.1 Å². The molecule has 0 bridgehead atoms. The first-order valence-electron chi connectivity index (χ1n) is 10.2. The minimum Gasteiger partial charge on any atom is -0.306 e. The summed E-state index contributed by atoms with van der Waals surface area (Å²) in [6.07, 6.45) is 8.18. The van der Waals surface area contributed by atoms with Crippen molar-refractivity contribution in [3.05, 3.63) is 95.1 Å². The molecule has 0 amide bonds. The largest absolute Gasteiger partial charge is 0.306 e. The Kier molecular flexibility index (Phi) is 5.36. The summed E-state index contributed by atoms with van der Waals surface area (Å²) in [4.78, 5) is 4.33. The Bertz CT molecular complexity index is 1200. The van der Waals surface area contributed by atoms with Crippen LogP contribution in [0.1, 0.15) is 46.9 Å². The number of imidazole rings is 1. The first-order valence-corrected chi connectivity index (χ1v) is 10.2. The Balaban J connectivity index is 1.60. The monoisotopic (exact) mass is 398 g/mol. The summed E-state index contributed by atoms with van der Waals surface area (Å²) < 4.78 is 6.18. The van der Waals surface area contributed by atoms with E-state index in [9.17, 15) is 0 Å². The highest BCUT2D eigenvalue weighted by molar-refractivity contribution is 5.67. The standard InChI is InChI=1S/C25H28N5/c1-18-15-21(11-13-23(18)30-16-19(2)26-17-30)12-14-24-28(4)25(27-29(24)5)20(3)22-9-7-6-8-10-22/h6-17,20H,1-5H3/q+1. The van der Waals surface area contributed by atoms with E-state index in [1.807, 2.05) is 37.2 Å². The SMILES string of the molecule is Cc1cn(-c2ccc(/C=C/c3n(C)nc(C(C)c4ccccc4)[n+]3C)cc2C)cn1. The molecule has 0 fully saturated rings. The maximum Gasteiger partial charge on any atom is 0.284 e. The Morgan fingerprint density at radius 1 is 1.03 bits per heavy atom. The van der Waals surface area contributed by atoms with Crippen molar-refractivity contribution in [1.29, 1.82) is 0 Å². The van der Waals surface area contributed by atoms with Crippen molar-refractivity contribution in [1.82, 2.24) is 19.3 Å². The maximum atomic E-state index is 4.79. The number of aryl methyl sites for hydroxylation is 3. The Hall–Kier alpha value is -3.47. The van der Waals surface area contributed by atoms with Crippen LogP contribution in [0.2, 0.25) is 0 Å². The summed E-state index contributed by atoms with van der Waals surface area (Å²) in [6.45, 7) is 6.33. The van der Waals surface area contributed by atoms with E-state index in [1.54, 1.807) is 0 Å². The van der Waals surface area contributed by atoms with Gasteiger partial charge in [-0.1, -0.05) is 36.4 Å². The Morgan fingerprint density at radius 2 is 1.80 bits per heavy atom. The molecule has 0 spiro atoms. The van der Waals surface area contributed by atoms with Crippen molar-refractivity contribution in [3.63, 3.8) is 0 Å². The summed E-state index contributed by atoms with van der Waals surface area (Å²) in [5.74, 6) is 2.33. The maximum absolute atomic E-state index is 4.79. The number of hydrogen-bond donors (Lipinski definition) is 0. The van der Waals surface area contributed by atoms with Gasteiger partial charge in [0.05, 0.1) is 32.0 Å². The predicted octanol–water partition coefficient (Wildman–Crippen LogP) is 4.37. The van der Waals surface area contributed by atoms with E-state index in [0.717, 1.165) is 28.6 Å². The molecule has 0 aliphatic carbocycles. The van der Waals surface area contributed by atoms with Crippen LogP contribution in [0.15, 0.2) is 61.1 Å². The average Bonchev–Trinajstić information content (AvgIpc) is 3.29. The van der Waals surface area contributed by atoms with Crippen molar-refractivity contribution in [2.45, 2.75) is 26.7 Å². The molecule has 2 heterocycles. The van der Waals surface area contributed by atoms with Gasteiger partial charge >= 0.3 is 0 Å². The van der Waals surface area contributed by atoms with Gasteiger partial charge in [-0.05, 0) is 55.7 Å². The second-order valence-electron chi connectivity index (χ2n) is 7.83. The summed E-state index contributed by atoms with van der Waals surface area (Å²) in [5.41, 5.74) is 5.80. The molecule has 1 unspecified atom stereocenters. The van der Waals surface area contributed by atoms with Crippen molar-refractivity contribution in [3.8, 4) is 5.69 Å². The Morgan fingerprint density at radius 3 is 2.47 bits per heavy atom. The molecular weight excluding hydrogens is 370 g/mol. The molecule has 0 aliphatic heterocycles. The molecule has 2 aromatic carbocycles. The van der Waals surface area contributed by atoms with Gasteiger partial charge in [-0.3, -0.25) is 0 Å². The molecule has 0 radical (unpaired) electrons. The van der Waals surface area contributed by atoms with Crippen molar-refractivity contribution in [2.75, 3.05) is 0 Å². The van der Waals surface area contributed by atoms with Crippen LogP contribution in [0, 0.1) is 13.8 Å². The molecule has 0 saturated heterocycles. The lowest BCUT2D eigenvalue weighted by atomic mass is 10.0. The van der Waals surface area contributed by atoms with Gasteiger partial charge in [0.15, 0.2) is 0 Å². The zero-order chi connectivity index (χ0) is 21.3. The third-order valence-corrected chi connectivity index (χ3v) is 5.59. The van der Waals surface area contributed by atoms with Gasteiger partial charge in [-0.2, -0.15) is 0 Å². The molecule has 5 heteroatoms. The van der Waals surface area contributed by atoms with E-state index < -0.39 is 0 Å². The second-order valence-corrected chi connectivity index (χ2v) is 7.83. The number of rotatable bonds is 5. The highest BCUT2D eigenvalue weighted by Gasteiger charge is 2.25. The molecule has 5 nitrogen and oxygen atoms in total. The summed E-state index contributed by atoms with van der Waals surface area (Å²) >= 11 is 0. The molecule has 0 saturated carbocycles. The van der Waals surface area contributed by atoms with Crippen molar-refractivity contribution >= 4 is 12.2 Å². The van der Waals surface area contributed by atoms with E-state index in [1.165, 1.54) is 11.1 Å². The highest BCUT2D eigenvalue weighted by atomic mass is 15.4. The zero-order valence-electron chi connectivity index (χ0n) is 18.2. The summed E-state index contributed by atoms with van der Waals surface area (Å²) in [7, 11) is 4.08. The van der Waals surface area contributed by atoms with Crippen LogP contribution in [0.3, 0.4) is 0 Å². The number of benzene rings is 2. The third-order valence-electron chi connectivity index (χ3n) is 5.59. The van der Waals surface area contributed by atoms with Crippen LogP contribution in [0.25, 0.3) is 17.8 Å². The van der Waals surface area contributed by atoms with E-state index in [4.69, 9.17) is 5.10 Å². The molecule has 0 N–H and O–H groups in total. The van der Waals surface area contributed by atoms with Gasteiger partial charge < -0.3 is 4.57 Å². The fourth-order valence-electron chi connectivity index (χ4n) is 3.89. The number of nitrogens with zero attached hydrogens (tertiary/aromatic N) is 5. The topological polar surface area (TPSA) is 39.5 Å². The minimum absolute atomic E-state index is 0.227. The van der Waals surface area contributed by atoms with Crippen LogP contribution in [-0.2, 0) is 14.1 Å². The quantitative estimate of drug-likeness (QED) is 0.468. The summed E-state index contributed by atoms with van der Waals surface area (Å²) in [6, 6.07) is 17.0. The van der Waals surface area contributed by atoms with Crippen LogP contribution in [0.5, 0.6) is 0 Å². The molecule has 152 valence electrons. The molecular formula is C25H28N5+. The van der Waals surface area contributed by atoms with E-state index in [2.05, 4.69) is 89.6 Å². The molecule has 2 aromatic heterocycles. The second kappa shape index (κ2) is 8.11. The van der Waals surface area contributed by atoms with Gasteiger partial charge in [0.2, 0.25) is 0 Å². The molecule has 4 aromatic rings. The third kappa shape index (κ3) is 3.83. The predicted molar refractivity (Wildman–Crippen MR) is 120 cm³/mol. The number of aromatic nitrogens is 5. The molecule has 1 atom stereocenters. The van der Waals surface area contributed by atoms with Crippen molar-refractivity contribution < 1.29 is 4.57 Å². The number of hydrogen-bond acceptors (Lipinski definition) is 2. The van der Waals surface area contributed by atoms with Gasteiger partial charge in [-0.25, -0.2) is 9.55 Å². The minimum atomic E-state index is 0.227. The fraction of sp³-hybridized carbons (Fsp3) is 0.240. The van der Waals surface area contributed by atoms with E-state index in [-0.39, 0.29) is 5.92 Å². The lowest BCUT2D eigenvalue weighted by molar-refractivity contribution is -0.682. The van der Waals surface area contributed by atoms with E-state index >= 15 is 0 Å². The highest BCUT2D eigenvalue weighted by Crippen LogP contribution is 2.21. The van der Waals surface area contributed by atoms with Gasteiger partial charge in [0.1, 0.15) is 0 Å². The molecule has 0 aliphatic rings. The van der Waals surface area contributed by atoms with Crippen LogP contribution in [0.4, 0.5) is 0 Å². The first kappa shape index (κ1) is 19.8. The normalized spacial score (nSPS) is 12.6. The molecule has 4 rings (SSSR count). The molecule has 30 heavy (non-hydrogen) atoms. The summed E-state index contributed by atoms with van der Waals surface area (Å²) in [5, 5.41) is 4.79. The van der Waals surface area contributed by atoms with Gasteiger partial charge in [0.25, 0.3) is 11.6 Å². The lowest BCUT2D eigenvalue weighted by Crippen LogP contribution is -2.36. The fourth-order valence-corrected chi connectivity index (χ4v) is 3.89. The van der Waals surface area contributed by atoms with Gasteiger partial charge in [-0.15, -0.1) is 4.68 Å². The van der Waals surface area contributed by atoms with Gasteiger partial charge in [0, 0.05) is 23.1 Å². The lowest BCUT2D eigenvalue weighted by Gasteiger charge is -2.07. The van der Waals surface area contributed by atoms with E-state index in [0.29, 0.717) is 0 Å². The van der Waals surface area contributed by atoms with Crippen LogP contribution >= 0.6 is 0 Å². The Labute approximate surface area is 178 Å².